The fraction of sp³-hybridized carbons (Fsp3) is 0.417. The molecule has 0 bridgehead atoms. The van der Waals surface area contributed by atoms with Gasteiger partial charge in [-0.2, -0.15) is 0 Å². The normalized spacial score (nSPS) is 17.7. The van der Waals surface area contributed by atoms with Crippen molar-refractivity contribution in [1.29, 1.82) is 0 Å². The molecule has 1 aromatic rings. The minimum atomic E-state index is -2.49. The van der Waals surface area contributed by atoms with E-state index in [2.05, 4.69) is 10.6 Å². The van der Waals surface area contributed by atoms with Crippen molar-refractivity contribution in [2.75, 3.05) is 18.4 Å². The molecule has 0 fully saturated rings. The predicted octanol–water partition coefficient (Wildman–Crippen LogP) is 1.97. The molecule has 1 aliphatic heterocycles. The van der Waals surface area contributed by atoms with Crippen LogP contribution in [0.4, 0.5) is 14.5 Å². The van der Waals surface area contributed by atoms with Gasteiger partial charge in [0.2, 0.25) is 5.91 Å². The van der Waals surface area contributed by atoms with Gasteiger partial charge in [-0.1, -0.05) is 18.2 Å². The quantitative estimate of drug-likeness (QED) is 0.844. The number of amides is 1. The molecule has 0 saturated carbocycles. The number of carbonyl (C=O) groups excluding carboxylic acids is 1. The first-order valence-corrected chi connectivity index (χ1v) is 5.54. The number of anilines is 1. The maximum atomic E-state index is 11.9. The second-order valence-electron chi connectivity index (χ2n) is 4.06. The van der Waals surface area contributed by atoms with Crippen molar-refractivity contribution in [2.24, 2.45) is 0 Å². The Bertz CT molecular complexity index is 409. The summed E-state index contributed by atoms with van der Waals surface area (Å²) >= 11 is 0. The van der Waals surface area contributed by atoms with Crippen LogP contribution >= 0.6 is 0 Å². The third kappa shape index (κ3) is 2.93. The Morgan fingerprint density at radius 2 is 2.24 bits per heavy atom. The third-order valence-electron chi connectivity index (χ3n) is 2.82. The molecule has 1 unspecified atom stereocenters. The molecular weight excluding hydrogens is 226 g/mol. The largest absolute Gasteiger partial charge is 0.384 e. The lowest BCUT2D eigenvalue weighted by atomic mass is 9.98. The highest BCUT2D eigenvalue weighted by molar-refractivity contribution is 5.78. The van der Waals surface area contributed by atoms with Crippen LogP contribution in [0.25, 0.3) is 0 Å². The summed E-state index contributed by atoms with van der Waals surface area (Å²) in [6, 6.07) is 7.74. The van der Waals surface area contributed by atoms with Crippen molar-refractivity contribution in [2.45, 2.75) is 18.8 Å². The van der Waals surface area contributed by atoms with E-state index in [4.69, 9.17) is 0 Å². The number of carbonyl (C=O) groups is 1. The van der Waals surface area contributed by atoms with Crippen molar-refractivity contribution >= 4 is 11.6 Å². The Hall–Kier alpha value is -1.65. The molecule has 2 rings (SSSR count). The van der Waals surface area contributed by atoms with Crippen LogP contribution in [0.3, 0.4) is 0 Å². The van der Waals surface area contributed by atoms with Crippen molar-refractivity contribution in [3.05, 3.63) is 29.8 Å². The Morgan fingerprint density at radius 1 is 1.47 bits per heavy atom. The van der Waals surface area contributed by atoms with E-state index in [-0.39, 0.29) is 18.2 Å². The molecular formula is C12H14F2N2O. The number of nitrogens with one attached hydrogen (secondary N) is 2. The van der Waals surface area contributed by atoms with Gasteiger partial charge < -0.3 is 10.6 Å². The molecule has 0 saturated heterocycles. The zero-order chi connectivity index (χ0) is 12.3. The van der Waals surface area contributed by atoms with Gasteiger partial charge in [0.1, 0.15) is 0 Å². The van der Waals surface area contributed by atoms with Gasteiger partial charge in [0.15, 0.2) is 0 Å². The van der Waals surface area contributed by atoms with E-state index in [0.717, 1.165) is 11.3 Å². The van der Waals surface area contributed by atoms with Crippen LogP contribution in [0.2, 0.25) is 0 Å². The zero-order valence-electron chi connectivity index (χ0n) is 9.25. The van der Waals surface area contributed by atoms with E-state index >= 15 is 0 Å². The number of para-hydroxylation sites is 1. The predicted molar refractivity (Wildman–Crippen MR) is 61.3 cm³/mol. The second kappa shape index (κ2) is 5.12. The molecule has 1 heterocycles. The van der Waals surface area contributed by atoms with Gasteiger partial charge in [0.25, 0.3) is 6.43 Å². The van der Waals surface area contributed by atoms with Gasteiger partial charge in [0.05, 0.1) is 6.54 Å². The number of benzene rings is 1. The highest BCUT2D eigenvalue weighted by atomic mass is 19.3. The molecule has 0 aliphatic carbocycles. The average molecular weight is 240 g/mol. The van der Waals surface area contributed by atoms with E-state index in [1.807, 2.05) is 24.3 Å². The van der Waals surface area contributed by atoms with Crippen molar-refractivity contribution in [3.63, 3.8) is 0 Å². The van der Waals surface area contributed by atoms with Crippen molar-refractivity contribution < 1.29 is 13.6 Å². The lowest BCUT2D eigenvalue weighted by molar-refractivity contribution is -0.122. The van der Waals surface area contributed by atoms with Crippen molar-refractivity contribution in [3.8, 4) is 0 Å². The molecule has 92 valence electrons. The molecule has 0 spiro atoms. The Morgan fingerprint density at radius 3 is 3.00 bits per heavy atom. The Kier molecular flexibility index (Phi) is 3.56. The smallest absolute Gasteiger partial charge is 0.255 e. The number of rotatable bonds is 4. The SMILES string of the molecule is O=C(CC1CNc2ccccc21)NCC(F)F. The standard InChI is InChI=1S/C12H14F2N2O/c13-11(14)7-16-12(17)5-8-6-15-10-4-2-1-3-9(8)10/h1-4,8,11,15H,5-7H2,(H,16,17). The number of fused-ring (bicyclic) bond motifs is 1. The molecule has 1 aliphatic rings. The van der Waals surface area contributed by atoms with Gasteiger partial charge in [-0.25, -0.2) is 8.78 Å². The summed E-state index contributed by atoms with van der Waals surface area (Å²) in [5, 5.41) is 5.42. The lowest BCUT2D eigenvalue weighted by Crippen LogP contribution is -2.29. The fourth-order valence-corrected chi connectivity index (χ4v) is 2.03. The minimum Gasteiger partial charge on any atom is -0.384 e. The van der Waals surface area contributed by atoms with Gasteiger partial charge in [-0.3, -0.25) is 4.79 Å². The minimum absolute atomic E-state index is 0.0730. The fourth-order valence-electron chi connectivity index (χ4n) is 2.03. The van der Waals surface area contributed by atoms with E-state index in [1.54, 1.807) is 0 Å². The van der Waals surface area contributed by atoms with E-state index in [1.165, 1.54) is 0 Å². The molecule has 1 amide bonds. The van der Waals surface area contributed by atoms with Gasteiger partial charge in [-0.15, -0.1) is 0 Å². The summed E-state index contributed by atoms with van der Waals surface area (Å²) in [7, 11) is 0. The molecule has 1 atom stereocenters. The number of halogens is 2. The van der Waals surface area contributed by atoms with Crippen LogP contribution in [0.15, 0.2) is 24.3 Å². The molecule has 2 N–H and O–H groups in total. The summed E-state index contributed by atoms with van der Waals surface area (Å²) < 4.78 is 23.8. The van der Waals surface area contributed by atoms with Crippen LogP contribution in [0.1, 0.15) is 17.9 Å². The monoisotopic (exact) mass is 240 g/mol. The highest BCUT2D eigenvalue weighted by Crippen LogP contribution is 2.32. The van der Waals surface area contributed by atoms with Crippen LogP contribution in [0, 0.1) is 0 Å². The molecule has 0 aromatic heterocycles. The first kappa shape index (κ1) is 11.8. The maximum absolute atomic E-state index is 11.9. The Labute approximate surface area is 98.2 Å². The van der Waals surface area contributed by atoms with E-state index < -0.39 is 13.0 Å². The lowest BCUT2D eigenvalue weighted by Gasteiger charge is -2.10. The zero-order valence-corrected chi connectivity index (χ0v) is 9.25. The summed E-state index contributed by atoms with van der Waals surface area (Å²) in [4.78, 5) is 11.4. The average Bonchev–Trinajstić information content (AvgIpc) is 2.70. The van der Waals surface area contributed by atoms with Crippen LogP contribution in [0.5, 0.6) is 0 Å². The number of hydrogen-bond acceptors (Lipinski definition) is 2. The topological polar surface area (TPSA) is 41.1 Å². The van der Waals surface area contributed by atoms with E-state index in [9.17, 15) is 13.6 Å². The van der Waals surface area contributed by atoms with Gasteiger partial charge in [0, 0.05) is 24.6 Å². The molecule has 17 heavy (non-hydrogen) atoms. The Balaban J connectivity index is 1.91. The first-order chi connectivity index (χ1) is 8.16. The van der Waals surface area contributed by atoms with Crippen molar-refractivity contribution in [1.82, 2.24) is 5.32 Å². The maximum Gasteiger partial charge on any atom is 0.255 e. The molecule has 5 heteroatoms. The molecule has 1 aromatic carbocycles. The summed E-state index contributed by atoms with van der Waals surface area (Å²) in [6.45, 7) is 0.113. The summed E-state index contributed by atoms with van der Waals surface area (Å²) in [5.41, 5.74) is 2.11. The van der Waals surface area contributed by atoms with Gasteiger partial charge >= 0.3 is 0 Å². The third-order valence-corrected chi connectivity index (χ3v) is 2.82. The van der Waals surface area contributed by atoms with E-state index in [0.29, 0.717) is 6.54 Å². The van der Waals surface area contributed by atoms with Crippen LogP contribution in [-0.2, 0) is 4.79 Å². The number of hydrogen-bond donors (Lipinski definition) is 2. The van der Waals surface area contributed by atoms with Gasteiger partial charge in [-0.05, 0) is 11.6 Å². The summed E-state index contributed by atoms with van der Waals surface area (Å²) in [6.07, 6.45) is -2.25. The van der Waals surface area contributed by atoms with Crippen LogP contribution < -0.4 is 10.6 Å². The summed E-state index contributed by atoms with van der Waals surface area (Å²) in [5.74, 6) is -0.252. The number of alkyl halides is 2. The van der Waals surface area contributed by atoms with Crippen LogP contribution in [-0.4, -0.2) is 25.4 Å². The molecule has 0 radical (unpaired) electrons. The molecule has 3 nitrogen and oxygen atoms in total. The second-order valence-corrected chi connectivity index (χ2v) is 4.06. The highest BCUT2D eigenvalue weighted by Gasteiger charge is 2.23. The first-order valence-electron chi connectivity index (χ1n) is 5.54.